The quantitative estimate of drug-likeness (QED) is 0.494. The summed E-state index contributed by atoms with van der Waals surface area (Å²) in [4.78, 5) is 0. The average Bonchev–Trinajstić information content (AvgIpc) is 2.68. The average molecular weight is 208 g/mol. The van der Waals surface area contributed by atoms with Gasteiger partial charge in [0, 0.05) is 0 Å². The van der Waals surface area contributed by atoms with Gasteiger partial charge in [-0.2, -0.15) is 10.2 Å². The smallest absolute Gasteiger partial charge is 0.147 e. The van der Waals surface area contributed by atoms with E-state index in [9.17, 15) is 0 Å². The molecule has 0 unspecified atom stereocenters. The van der Waals surface area contributed by atoms with Crippen LogP contribution < -0.4 is 22.9 Å². The first-order valence-corrected chi connectivity index (χ1v) is 4.23. The molecule has 0 radical (unpaired) electrons. The lowest BCUT2D eigenvalue weighted by molar-refractivity contribution is 0.515. The van der Waals surface area contributed by atoms with E-state index >= 15 is 0 Å². The molecule has 0 amide bonds. The summed E-state index contributed by atoms with van der Waals surface area (Å²) in [5.74, 6) is 0.756. The van der Waals surface area contributed by atoms with Crippen LogP contribution in [0, 0.1) is 0 Å². The minimum atomic E-state index is 0.284. The van der Waals surface area contributed by atoms with Crippen molar-refractivity contribution in [2.75, 3.05) is 22.9 Å². The fourth-order valence-electron chi connectivity index (χ4n) is 1.17. The van der Waals surface area contributed by atoms with Crippen LogP contribution >= 0.6 is 0 Å². The summed E-state index contributed by atoms with van der Waals surface area (Å²) in [5.41, 5.74) is 23.3. The molecule has 2 heterocycles. The summed E-state index contributed by atoms with van der Waals surface area (Å²) < 4.78 is 2.97. The summed E-state index contributed by atoms with van der Waals surface area (Å²) in [5, 5.41) is 7.94. The Labute approximate surface area is 85.4 Å². The molecule has 80 valence electrons. The number of nitrogen functional groups attached to an aromatic ring is 4. The molecule has 0 atom stereocenters. The molecular weight excluding hydrogens is 196 g/mol. The molecule has 2 aromatic rings. The Kier molecular flexibility index (Phi) is 1.89. The summed E-state index contributed by atoms with van der Waals surface area (Å²) in [7, 11) is 0. The molecule has 8 nitrogen and oxygen atoms in total. The predicted molar refractivity (Wildman–Crippen MR) is 57.5 cm³/mol. The maximum Gasteiger partial charge on any atom is 0.147 e. The zero-order chi connectivity index (χ0) is 11.0. The highest BCUT2D eigenvalue weighted by Crippen LogP contribution is 2.16. The van der Waals surface area contributed by atoms with Crippen LogP contribution in [-0.2, 0) is 6.67 Å². The number of nitrogens with two attached hydrogens (primary N) is 4. The molecular formula is C7H12N8. The third kappa shape index (κ3) is 1.41. The second kappa shape index (κ2) is 3.08. The molecule has 0 aliphatic heterocycles. The molecule has 0 saturated heterocycles. The van der Waals surface area contributed by atoms with Gasteiger partial charge in [-0.3, -0.25) is 0 Å². The van der Waals surface area contributed by atoms with Crippen molar-refractivity contribution >= 4 is 23.0 Å². The van der Waals surface area contributed by atoms with Gasteiger partial charge in [-0.1, -0.05) is 0 Å². The third-order valence-electron chi connectivity index (χ3n) is 2.09. The lowest BCUT2D eigenvalue weighted by atomic mass is 10.5. The molecule has 8 N–H and O–H groups in total. The molecule has 0 spiro atoms. The Balaban J connectivity index is 2.29. The van der Waals surface area contributed by atoms with Crippen LogP contribution in [0.1, 0.15) is 0 Å². The molecule has 0 aromatic carbocycles. The maximum atomic E-state index is 5.67. The fraction of sp³-hybridized carbons (Fsp3) is 0.143. The minimum Gasteiger partial charge on any atom is -0.394 e. The topological polar surface area (TPSA) is 140 Å². The van der Waals surface area contributed by atoms with E-state index in [4.69, 9.17) is 22.9 Å². The van der Waals surface area contributed by atoms with E-state index < -0.39 is 0 Å². The van der Waals surface area contributed by atoms with Crippen molar-refractivity contribution in [3.05, 3.63) is 12.4 Å². The number of hydrogen-bond donors (Lipinski definition) is 4. The lowest BCUT2D eigenvalue weighted by Crippen LogP contribution is -2.15. The van der Waals surface area contributed by atoms with Crippen LogP contribution in [0.2, 0.25) is 0 Å². The van der Waals surface area contributed by atoms with Gasteiger partial charge in [-0.15, -0.1) is 0 Å². The SMILES string of the molecule is Nc1cnn(Cn2ncc(N)c2N)c1N. The van der Waals surface area contributed by atoms with E-state index in [1.165, 1.54) is 21.8 Å². The van der Waals surface area contributed by atoms with Gasteiger partial charge in [0.2, 0.25) is 0 Å². The summed E-state index contributed by atoms with van der Waals surface area (Å²) in [6, 6.07) is 0. The van der Waals surface area contributed by atoms with Crippen molar-refractivity contribution in [1.29, 1.82) is 0 Å². The Morgan fingerprint density at radius 1 is 0.867 bits per heavy atom. The van der Waals surface area contributed by atoms with E-state index in [2.05, 4.69) is 10.2 Å². The Hall–Kier alpha value is -2.38. The highest BCUT2D eigenvalue weighted by atomic mass is 15.4. The number of rotatable bonds is 2. The molecule has 15 heavy (non-hydrogen) atoms. The minimum absolute atomic E-state index is 0.284. The zero-order valence-electron chi connectivity index (χ0n) is 7.96. The lowest BCUT2D eigenvalue weighted by Gasteiger charge is -2.06. The predicted octanol–water partition coefficient (Wildman–Crippen LogP) is -1.09. The van der Waals surface area contributed by atoms with Gasteiger partial charge < -0.3 is 22.9 Å². The molecule has 0 aliphatic rings. The monoisotopic (exact) mass is 208 g/mol. The molecule has 0 saturated carbocycles. The Morgan fingerprint density at radius 3 is 1.53 bits per heavy atom. The van der Waals surface area contributed by atoms with Gasteiger partial charge in [-0.25, -0.2) is 9.36 Å². The molecule has 2 aromatic heterocycles. The summed E-state index contributed by atoms with van der Waals surface area (Å²) in [6.07, 6.45) is 2.94. The molecule has 8 heteroatoms. The Bertz CT molecular complexity index is 437. The van der Waals surface area contributed by atoms with Crippen LogP contribution in [-0.4, -0.2) is 19.6 Å². The van der Waals surface area contributed by atoms with Crippen molar-refractivity contribution in [1.82, 2.24) is 19.6 Å². The highest BCUT2D eigenvalue weighted by molar-refractivity contribution is 5.58. The van der Waals surface area contributed by atoms with Crippen molar-refractivity contribution < 1.29 is 0 Å². The van der Waals surface area contributed by atoms with Crippen LogP contribution in [0.5, 0.6) is 0 Å². The van der Waals surface area contributed by atoms with E-state index in [0.29, 0.717) is 23.0 Å². The zero-order valence-corrected chi connectivity index (χ0v) is 7.96. The number of hydrogen-bond acceptors (Lipinski definition) is 6. The van der Waals surface area contributed by atoms with Gasteiger partial charge >= 0.3 is 0 Å². The van der Waals surface area contributed by atoms with Crippen molar-refractivity contribution in [3.63, 3.8) is 0 Å². The molecule has 0 bridgehead atoms. The van der Waals surface area contributed by atoms with E-state index in [0.717, 1.165) is 0 Å². The van der Waals surface area contributed by atoms with Crippen molar-refractivity contribution in [2.24, 2.45) is 0 Å². The van der Waals surface area contributed by atoms with E-state index in [1.54, 1.807) is 0 Å². The molecule has 0 fully saturated rings. The second-order valence-corrected chi connectivity index (χ2v) is 3.11. The fourth-order valence-corrected chi connectivity index (χ4v) is 1.17. The van der Waals surface area contributed by atoms with Gasteiger partial charge in [0.05, 0.1) is 23.8 Å². The highest BCUT2D eigenvalue weighted by Gasteiger charge is 2.08. The first-order chi connectivity index (χ1) is 7.09. The summed E-state index contributed by atoms with van der Waals surface area (Å²) >= 11 is 0. The number of aromatic nitrogens is 4. The maximum absolute atomic E-state index is 5.67. The molecule has 0 aliphatic carbocycles. The van der Waals surface area contributed by atoms with Crippen molar-refractivity contribution in [2.45, 2.75) is 6.67 Å². The van der Waals surface area contributed by atoms with Crippen LogP contribution in [0.25, 0.3) is 0 Å². The molecule has 2 rings (SSSR count). The summed E-state index contributed by atoms with van der Waals surface area (Å²) in [6.45, 7) is 0.284. The normalized spacial score (nSPS) is 10.7. The first kappa shape index (κ1) is 9.19. The van der Waals surface area contributed by atoms with Crippen LogP contribution in [0.15, 0.2) is 12.4 Å². The van der Waals surface area contributed by atoms with Crippen LogP contribution in [0.3, 0.4) is 0 Å². The number of nitrogens with zero attached hydrogens (tertiary/aromatic N) is 4. The van der Waals surface area contributed by atoms with Crippen LogP contribution in [0.4, 0.5) is 23.0 Å². The van der Waals surface area contributed by atoms with Gasteiger partial charge in [-0.05, 0) is 0 Å². The van der Waals surface area contributed by atoms with Gasteiger partial charge in [0.15, 0.2) is 0 Å². The van der Waals surface area contributed by atoms with Gasteiger partial charge in [0.1, 0.15) is 18.3 Å². The third-order valence-corrected chi connectivity index (χ3v) is 2.09. The van der Waals surface area contributed by atoms with Crippen molar-refractivity contribution in [3.8, 4) is 0 Å². The first-order valence-electron chi connectivity index (χ1n) is 4.23. The standard InChI is InChI=1S/C7H12N8/c8-4-1-12-14(6(4)10)3-15-7(11)5(9)2-13-15/h1-2H,3,8-11H2. The largest absolute Gasteiger partial charge is 0.394 e. The number of anilines is 4. The van der Waals surface area contributed by atoms with E-state index in [1.807, 2.05) is 0 Å². The Morgan fingerprint density at radius 2 is 1.27 bits per heavy atom. The van der Waals surface area contributed by atoms with E-state index in [-0.39, 0.29) is 6.67 Å². The second-order valence-electron chi connectivity index (χ2n) is 3.11. The van der Waals surface area contributed by atoms with Gasteiger partial charge in [0.25, 0.3) is 0 Å².